The fourth-order valence-electron chi connectivity index (χ4n) is 3.27. The predicted molar refractivity (Wildman–Crippen MR) is 83.8 cm³/mol. The first kappa shape index (κ1) is 14.4. The van der Waals surface area contributed by atoms with Crippen LogP contribution in [-0.2, 0) is 0 Å². The van der Waals surface area contributed by atoms with Crippen molar-refractivity contribution in [2.45, 2.75) is 50.5 Å². The van der Waals surface area contributed by atoms with E-state index in [4.69, 9.17) is 5.73 Å². The summed E-state index contributed by atoms with van der Waals surface area (Å²) in [5.41, 5.74) is 7.38. The highest BCUT2D eigenvalue weighted by Gasteiger charge is 2.30. The van der Waals surface area contributed by atoms with Crippen molar-refractivity contribution in [2.75, 3.05) is 13.1 Å². The second-order valence-electron chi connectivity index (χ2n) is 6.26. The van der Waals surface area contributed by atoms with Crippen LogP contribution in [-0.4, -0.2) is 30.0 Å². The first-order chi connectivity index (χ1) is 10.2. The monoisotopic (exact) mass is 289 g/mol. The maximum Gasteiger partial charge on any atom is 0.191 e. The Kier molecular flexibility index (Phi) is 4.42. The molecule has 0 radical (unpaired) electrons. The number of nitrogens with zero attached hydrogens (tertiary/aromatic N) is 2. The summed E-state index contributed by atoms with van der Waals surface area (Å²) in [6, 6.07) is 7.19. The minimum absolute atomic E-state index is 0.168. The molecular formula is C17H24FN3. The maximum atomic E-state index is 12.9. The fraction of sp³-hybridized carbons (Fsp3) is 0.588. The summed E-state index contributed by atoms with van der Waals surface area (Å²) < 4.78 is 12.9. The van der Waals surface area contributed by atoms with Crippen LogP contribution in [0.1, 0.15) is 50.0 Å². The quantitative estimate of drug-likeness (QED) is 0.670. The van der Waals surface area contributed by atoms with Crippen LogP contribution in [0.15, 0.2) is 29.3 Å². The van der Waals surface area contributed by atoms with Crippen LogP contribution in [0.3, 0.4) is 0 Å². The first-order valence-corrected chi connectivity index (χ1v) is 8.06. The molecule has 0 spiro atoms. The molecule has 4 heteroatoms. The van der Waals surface area contributed by atoms with Gasteiger partial charge in [0.25, 0.3) is 0 Å². The maximum absolute atomic E-state index is 12.9. The van der Waals surface area contributed by atoms with E-state index in [-0.39, 0.29) is 5.82 Å². The second-order valence-corrected chi connectivity index (χ2v) is 6.26. The summed E-state index contributed by atoms with van der Waals surface area (Å²) in [4.78, 5) is 6.92. The van der Waals surface area contributed by atoms with E-state index in [0.717, 1.165) is 31.9 Å². The van der Waals surface area contributed by atoms with Crippen LogP contribution in [0.25, 0.3) is 0 Å². The van der Waals surface area contributed by atoms with Crippen LogP contribution in [0.5, 0.6) is 0 Å². The molecule has 1 saturated heterocycles. The van der Waals surface area contributed by atoms with Gasteiger partial charge in [-0.25, -0.2) is 9.38 Å². The summed E-state index contributed by atoms with van der Waals surface area (Å²) >= 11 is 0. The molecule has 1 heterocycles. The highest BCUT2D eigenvalue weighted by molar-refractivity contribution is 5.78. The van der Waals surface area contributed by atoms with Gasteiger partial charge in [0, 0.05) is 13.1 Å². The summed E-state index contributed by atoms with van der Waals surface area (Å²) in [5, 5.41) is 0. The standard InChI is InChI=1S/C17H24FN3/c18-15-7-5-13(6-8-15)14-11-16(12-14)20-17(19)21-9-3-1-2-4-10-21/h5-8,14,16H,1-4,9-12H2,(H2,19,20). The molecule has 0 unspecified atom stereocenters. The lowest BCUT2D eigenvalue weighted by atomic mass is 9.76. The molecule has 1 aliphatic heterocycles. The summed E-state index contributed by atoms with van der Waals surface area (Å²) in [7, 11) is 0. The zero-order chi connectivity index (χ0) is 14.7. The predicted octanol–water partition coefficient (Wildman–Crippen LogP) is 3.26. The van der Waals surface area contributed by atoms with Gasteiger partial charge in [0.05, 0.1) is 6.04 Å². The zero-order valence-electron chi connectivity index (χ0n) is 12.5. The van der Waals surface area contributed by atoms with Gasteiger partial charge < -0.3 is 10.6 Å². The number of guanidine groups is 1. The van der Waals surface area contributed by atoms with Crippen molar-refractivity contribution in [2.24, 2.45) is 10.7 Å². The zero-order valence-corrected chi connectivity index (χ0v) is 12.5. The van der Waals surface area contributed by atoms with Crippen molar-refractivity contribution >= 4 is 5.96 Å². The Bertz CT molecular complexity index is 483. The SMILES string of the molecule is NC(=NC1CC(c2ccc(F)cc2)C1)N1CCCCCC1. The number of hydrogen-bond acceptors (Lipinski definition) is 1. The molecule has 1 aliphatic carbocycles. The summed E-state index contributed by atoms with van der Waals surface area (Å²) in [6.45, 7) is 2.09. The van der Waals surface area contributed by atoms with E-state index in [0.29, 0.717) is 12.0 Å². The van der Waals surface area contributed by atoms with Crippen molar-refractivity contribution < 1.29 is 4.39 Å². The normalized spacial score (nSPS) is 27.1. The molecular weight excluding hydrogens is 265 g/mol. The number of hydrogen-bond donors (Lipinski definition) is 1. The molecule has 21 heavy (non-hydrogen) atoms. The van der Waals surface area contributed by atoms with Crippen molar-refractivity contribution in [1.82, 2.24) is 4.90 Å². The molecule has 1 saturated carbocycles. The third-order valence-corrected chi connectivity index (χ3v) is 4.70. The van der Waals surface area contributed by atoms with Gasteiger partial charge in [0.15, 0.2) is 5.96 Å². The molecule has 2 aliphatic rings. The Morgan fingerprint density at radius 2 is 1.67 bits per heavy atom. The van der Waals surface area contributed by atoms with Gasteiger partial charge in [-0.3, -0.25) is 0 Å². The van der Waals surface area contributed by atoms with E-state index in [1.54, 1.807) is 0 Å². The third kappa shape index (κ3) is 3.55. The smallest absolute Gasteiger partial charge is 0.191 e. The average Bonchev–Trinajstić information content (AvgIpc) is 2.72. The van der Waals surface area contributed by atoms with Crippen LogP contribution in [0, 0.1) is 5.82 Å². The van der Waals surface area contributed by atoms with Gasteiger partial charge in [-0.15, -0.1) is 0 Å². The molecule has 1 aromatic carbocycles. The lowest BCUT2D eigenvalue weighted by molar-refractivity contribution is 0.343. The minimum atomic E-state index is -0.168. The Morgan fingerprint density at radius 1 is 1.05 bits per heavy atom. The number of benzene rings is 1. The molecule has 0 aromatic heterocycles. The van der Waals surface area contributed by atoms with E-state index in [1.807, 2.05) is 12.1 Å². The van der Waals surface area contributed by atoms with E-state index in [1.165, 1.54) is 43.4 Å². The molecule has 0 bridgehead atoms. The molecule has 3 rings (SSSR count). The van der Waals surface area contributed by atoms with Crippen LogP contribution < -0.4 is 5.73 Å². The Hall–Kier alpha value is -1.58. The topological polar surface area (TPSA) is 41.6 Å². The van der Waals surface area contributed by atoms with Crippen LogP contribution >= 0.6 is 0 Å². The van der Waals surface area contributed by atoms with Crippen LogP contribution in [0.2, 0.25) is 0 Å². The van der Waals surface area contributed by atoms with E-state index >= 15 is 0 Å². The summed E-state index contributed by atoms with van der Waals surface area (Å²) in [6.07, 6.45) is 7.11. The van der Waals surface area contributed by atoms with E-state index in [2.05, 4.69) is 9.89 Å². The van der Waals surface area contributed by atoms with Gasteiger partial charge in [-0.1, -0.05) is 25.0 Å². The van der Waals surface area contributed by atoms with Gasteiger partial charge >= 0.3 is 0 Å². The van der Waals surface area contributed by atoms with E-state index < -0.39 is 0 Å². The molecule has 2 N–H and O–H groups in total. The lowest BCUT2D eigenvalue weighted by Gasteiger charge is -2.34. The second kappa shape index (κ2) is 6.46. The van der Waals surface area contributed by atoms with Gasteiger partial charge in [-0.2, -0.15) is 0 Å². The van der Waals surface area contributed by atoms with Crippen molar-refractivity contribution in [3.63, 3.8) is 0 Å². The lowest BCUT2D eigenvalue weighted by Crippen LogP contribution is -2.40. The Balaban J connectivity index is 1.53. The van der Waals surface area contributed by atoms with Crippen molar-refractivity contribution in [3.05, 3.63) is 35.6 Å². The molecule has 0 amide bonds. The van der Waals surface area contributed by atoms with Crippen molar-refractivity contribution in [3.8, 4) is 0 Å². The number of nitrogens with two attached hydrogens (primary N) is 1. The number of aliphatic imine (C=N–C) groups is 1. The fourth-order valence-corrected chi connectivity index (χ4v) is 3.27. The highest BCUT2D eigenvalue weighted by atomic mass is 19.1. The number of halogens is 1. The molecule has 3 nitrogen and oxygen atoms in total. The average molecular weight is 289 g/mol. The van der Waals surface area contributed by atoms with E-state index in [9.17, 15) is 4.39 Å². The Morgan fingerprint density at radius 3 is 2.29 bits per heavy atom. The highest BCUT2D eigenvalue weighted by Crippen LogP contribution is 2.38. The van der Waals surface area contributed by atoms with Crippen molar-refractivity contribution in [1.29, 1.82) is 0 Å². The van der Waals surface area contributed by atoms with Gasteiger partial charge in [0.2, 0.25) is 0 Å². The molecule has 0 atom stereocenters. The third-order valence-electron chi connectivity index (χ3n) is 4.70. The molecule has 1 aromatic rings. The van der Waals surface area contributed by atoms with Crippen LogP contribution in [0.4, 0.5) is 4.39 Å². The number of rotatable bonds is 2. The van der Waals surface area contributed by atoms with Gasteiger partial charge in [-0.05, 0) is 49.3 Å². The first-order valence-electron chi connectivity index (χ1n) is 8.06. The van der Waals surface area contributed by atoms with Gasteiger partial charge in [0.1, 0.15) is 5.82 Å². The molecule has 114 valence electrons. The summed E-state index contributed by atoms with van der Waals surface area (Å²) in [5.74, 6) is 1.06. The Labute approximate surface area is 126 Å². The largest absolute Gasteiger partial charge is 0.370 e. The molecule has 2 fully saturated rings. The number of likely N-dealkylation sites (tertiary alicyclic amines) is 1. The minimum Gasteiger partial charge on any atom is -0.370 e.